The fourth-order valence-corrected chi connectivity index (χ4v) is 8.61. The molecule has 2 N–H and O–H groups in total. The van der Waals surface area contributed by atoms with Crippen molar-refractivity contribution in [2.45, 2.75) is 291 Å². The first-order valence-electron chi connectivity index (χ1n) is 24.6. The lowest BCUT2D eigenvalue weighted by atomic mass is 9.74. The van der Waals surface area contributed by atoms with E-state index in [2.05, 4.69) is 27.7 Å². The van der Waals surface area contributed by atoms with Crippen LogP contribution in [0.2, 0.25) is 0 Å². The number of aliphatic carboxylic acids is 2. The van der Waals surface area contributed by atoms with Crippen molar-refractivity contribution in [3.05, 3.63) is 0 Å². The number of carboxylic acids is 2. The molecule has 0 fully saturated rings. The van der Waals surface area contributed by atoms with Gasteiger partial charge in [0.05, 0.1) is 5.41 Å². The van der Waals surface area contributed by atoms with Gasteiger partial charge in [0.15, 0.2) is 0 Å². The molecule has 0 aromatic rings. The summed E-state index contributed by atoms with van der Waals surface area (Å²) in [5.74, 6) is 0.212. The maximum absolute atomic E-state index is 12.6. The molecule has 0 aliphatic carbocycles. The summed E-state index contributed by atoms with van der Waals surface area (Å²) in [5.41, 5.74) is -0.740. The molecule has 4 nitrogen and oxygen atoms in total. The van der Waals surface area contributed by atoms with Gasteiger partial charge >= 0.3 is 11.9 Å². The Labute approximate surface area is 339 Å². The molecule has 0 saturated carbocycles. The van der Waals surface area contributed by atoms with Crippen molar-refractivity contribution in [3.8, 4) is 0 Å². The van der Waals surface area contributed by atoms with E-state index in [1.807, 2.05) is 0 Å². The van der Waals surface area contributed by atoms with Gasteiger partial charge in [0.25, 0.3) is 0 Å². The largest absolute Gasteiger partial charge is 0.481 e. The van der Waals surface area contributed by atoms with Gasteiger partial charge in [0, 0.05) is 6.42 Å². The van der Waals surface area contributed by atoms with Crippen LogP contribution >= 0.6 is 0 Å². The zero-order chi connectivity index (χ0) is 39.8. The monoisotopic (exact) mass is 763 g/mol. The van der Waals surface area contributed by atoms with Gasteiger partial charge in [0.1, 0.15) is 0 Å². The highest BCUT2D eigenvalue weighted by atomic mass is 16.4. The highest BCUT2D eigenvalue weighted by molar-refractivity contribution is 5.74. The number of carboxylic acid groups (broad SMARTS) is 2. The summed E-state index contributed by atoms with van der Waals surface area (Å²) in [5, 5.41) is 19.6. The Hall–Kier alpha value is -1.06. The molecule has 0 aliphatic heterocycles. The molecule has 0 unspecified atom stereocenters. The smallest absolute Gasteiger partial charge is 0.309 e. The van der Waals surface area contributed by atoms with Crippen molar-refractivity contribution in [2.24, 2.45) is 17.3 Å². The lowest BCUT2D eigenvalue weighted by Crippen LogP contribution is -2.31. The van der Waals surface area contributed by atoms with E-state index in [0.29, 0.717) is 25.7 Å². The van der Waals surface area contributed by atoms with Crippen molar-refractivity contribution in [1.82, 2.24) is 0 Å². The van der Waals surface area contributed by atoms with Crippen LogP contribution in [-0.2, 0) is 9.59 Å². The number of hydrogen-bond donors (Lipinski definition) is 2. The van der Waals surface area contributed by atoms with Crippen molar-refractivity contribution in [1.29, 1.82) is 0 Å². The molecular weight excluding hydrogens is 665 g/mol. The summed E-state index contributed by atoms with van der Waals surface area (Å²) in [6.45, 7) is 9.31. The molecule has 0 radical (unpaired) electrons. The first-order chi connectivity index (χ1) is 26.2. The van der Waals surface area contributed by atoms with Crippen LogP contribution < -0.4 is 0 Å². The highest BCUT2D eigenvalue weighted by Crippen LogP contribution is 2.38. The number of hydrogen-bond acceptors (Lipinski definition) is 2. The predicted molar refractivity (Wildman–Crippen MR) is 237 cm³/mol. The Morgan fingerprint density at radius 1 is 0.333 bits per heavy atom. The summed E-state index contributed by atoms with van der Waals surface area (Å²) < 4.78 is 0. The van der Waals surface area contributed by atoms with E-state index in [4.69, 9.17) is 0 Å². The lowest BCUT2D eigenvalue weighted by molar-refractivity contribution is -0.151. The van der Waals surface area contributed by atoms with Gasteiger partial charge in [-0.25, -0.2) is 0 Å². The van der Waals surface area contributed by atoms with E-state index < -0.39 is 17.4 Å². The average Bonchev–Trinajstić information content (AvgIpc) is 3.12. The Morgan fingerprint density at radius 2 is 0.537 bits per heavy atom. The van der Waals surface area contributed by atoms with Gasteiger partial charge in [-0.3, -0.25) is 9.59 Å². The van der Waals surface area contributed by atoms with E-state index in [-0.39, 0.29) is 6.42 Å². The summed E-state index contributed by atoms with van der Waals surface area (Å²) in [6.07, 6.45) is 50.6. The molecule has 0 spiro atoms. The van der Waals surface area contributed by atoms with Crippen molar-refractivity contribution in [2.75, 3.05) is 0 Å². The zero-order valence-electron chi connectivity index (χ0n) is 37.4. The Bertz CT molecular complexity index is 743. The van der Waals surface area contributed by atoms with E-state index in [0.717, 1.165) is 37.5 Å². The van der Waals surface area contributed by atoms with Crippen LogP contribution in [0.3, 0.4) is 0 Å². The highest BCUT2D eigenvalue weighted by Gasteiger charge is 2.36. The minimum atomic E-state index is -0.814. The van der Waals surface area contributed by atoms with Crippen molar-refractivity contribution < 1.29 is 19.8 Å². The van der Waals surface area contributed by atoms with Crippen LogP contribution in [0.5, 0.6) is 0 Å². The van der Waals surface area contributed by atoms with Crippen molar-refractivity contribution >= 4 is 11.9 Å². The molecule has 0 saturated heterocycles. The van der Waals surface area contributed by atoms with Crippen molar-refractivity contribution in [3.63, 3.8) is 0 Å². The van der Waals surface area contributed by atoms with Crippen LogP contribution in [-0.4, -0.2) is 22.2 Å². The third-order valence-corrected chi connectivity index (χ3v) is 12.4. The maximum atomic E-state index is 12.6. The normalized spacial score (nSPS) is 12.0. The quantitative estimate of drug-likeness (QED) is 0.0606. The summed E-state index contributed by atoms with van der Waals surface area (Å²) >= 11 is 0. The van der Waals surface area contributed by atoms with Gasteiger partial charge in [-0.1, -0.05) is 259 Å². The summed E-state index contributed by atoms with van der Waals surface area (Å²) in [4.78, 5) is 23.8. The Morgan fingerprint density at radius 3 is 0.741 bits per heavy atom. The fraction of sp³-hybridized carbons (Fsp3) is 0.960. The van der Waals surface area contributed by atoms with Gasteiger partial charge < -0.3 is 10.2 Å². The second-order valence-electron chi connectivity index (χ2n) is 18.7. The topological polar surface area (TPSA) is 74.6 Å². The number of unbranched alkanes of at least 4 members (excludes halogenated alkanes) is 32. The predicted octanol–water partition coefficient (Wildman–Crippen LogP) is 17.4. The molecule has 322 valence electrons. The molecule has 0 bridgehead atoms. The molecule has 4 heteroatoms. The molecule has 0 amide bonds. The lowest BCUT2D eigenvalue weighted by Gasteiger charge is -2.30. The Balaban J connectivity index is 3.92. The number of rotatable bonds is 45. The van der Waals surface area contributed by atoms with Gasteiger partial charge in [-0.2, -0.15) is 0 Å². The molecule has 0 atom stereocenters. The molecule has 0 aromatic heterocycles. The maximum Gasteiger partial charge on any atom is 0.309 e. The minimum Gasteiger partial charge on any atom is -0.481 e. The van der Waals surface area contributed by atoms with Gasteiger partial charge in [0.2, 0.25) is 0 Å². The van der Waals surface area contributed by atoms with E-state index in [9.17, 15) is 19.8 Å². The average molecular weight is 763 g/mol. The first kappa shape index (κ1) is 52.9. The fourth-order valence-electron chi connectivity index (χ4n) is 8.61. The van der Waals surface area contributed by atoms with Gasteiger partial charge in [-0.05, 0) is 37.5 Å². The third-order valence-electron chi connectivity index (χ3n) is 12.4. The SMILES string of the molecule is CC(C)CCCCCCCCCCCCCCCCCCCC(CCCCCCCCCCCCCCCCCCCC(C)C)(CCCC(=O)O)C(=O)O. The number of carbonyl (C=O) groups is 2. The molecule has 0 rings (SSSR count). The molecular formula is C50H98O4. The van der Waals surface area contributed by atoms with Crippen LogP contribution in [0.4, 0.5) is 0 Å². The van der Waals surface area contributed by atoms with E-state index in [1.54, 1.807) is 0 Å². The van der Waals surface area contributed by atoms with E-state index >= 15 is 0 Å². The minimum absolute atomic E-state index is 0.0758. The van der Waals surface area contributed by atoms with Crippen LogP contribution in [0.1, 0.15) is 291 Å². The third kappa shape index (κ3) is 37.8. The summed E-state index contributed by atoms with van der Waals surface area (Å²) in [7, 11) is 0. The van der Waals surface area contributed by atoms with Gasteiger partial charge in [-0.15, -0.1) is 0 Å². The first-order valence-corrected chi connectivity index (χ1v) is 24.6. The molecule has 54 heavy (non-hydrogen) atoms. The standard InChI is InChI=1S/C50H98O4/c1-46(2)40-35-31-27-23-19-15-11-7-5-9-13-17-21-25-29-33-37-43-50(49(53)54,45-39-42-48(51)52)44-38-34-30-26-22-18-14-10-6-8-12-16-20-24-28-32-36-41-47(3)4/h46-47H,5-45H2,1-4H3,(H,51,52)(H,53,54). The van der Waals surface area contributed by atoms with E-state index in [1.165, 1.54) is 205 Å². The Kier molecular flexibility index (Phi) is 39.4. The van der Waals surface area contributed by atoms with Crippen LogP contribution in [0.15, 0.2) is 0 Å². The molecule has 0 aliphatic rings. The molecule has 0 aromatic carbocycles. The van der Waals surface area contributed by atoms with Crippen LogP contribution in [0, 0.1) is 17.3 Å². The summed E-state index contributed by atoms with van der Waals surface area (Å²) in [6, 6.07) is 0. The van der Waals surface area contributed by atoms with Crippen LogP contribution in [0.25, 0.3) is 0 Å². The molecule has 0 heterocycles. The second kappa shape index (κ2) is 40.1. The zero-order valence-corrected chi connectivity index (χ0v) is 37.4. The second-order valence-corrected chi connectivity index (χ2v) is 18.7.